The molecule has 4 N–H and O–H groups in total. The number of carbonyl (C=O) groups is 3. The van der Waals surface area contributed by atoms with Gasteiger partial charge >= 0.3 is 11.9 Å². The van der Waals surface area contributed by atoms with E-state index in [2.05, 4.69) is 12.4 Å². The number of quaternary nitrogens is 1. The molecule has 1 saturated heterocycles. The number of carboxylic acid groups (broad SMARTS) is 2. The Morgan fingerprint density at radius 3 is 2.71 bits per heavy atom. The first-order chi connectivity index (χ1) is 16.6. The minimum absolute atomic E-state index is 0.0117. The van der Waals surface area contributed by atoms with Gasteiger partial charge in [-0.3, -0.25) is 9.59 Å². The molecule has 2 aliphatic heterocycles. The summed E-state index contributed by atoms with van der Waals surface area (Å²) in [6.45, 7) is 1.91. The summed E-state index contributed by atoms with van der Waals surface area (Å²) in [6, 6.07) is 2.63. The number of anilines is 1. The second-order valence-corrected chi connectivity index (χ2v) is 11.6. The topological polar surface area (TPSA) is 133 Å². The highest BCUT2D eigenvalue weighted by atomic mass is 16.5. The molecule has 9 heteroatoms. The second kappa shape index (κ2) is 7.43. The number of likely N-dealkylation sites (N-methyl/N-ethyl adjacent to an activating group) is 1. The van der Waals surface area contributed by atoms with Gasteiger partial charge in [0.1, 0.15) is 23.4 Å². The standard InChI is InChI=1S/C26H32N2O7/c1-28(13-14-2-3-14)11-10-25-21-15-4-5-16(27-17(24(32)33)6-7-20(30)31)22(21)35-23(25)18(29)8-9-26(25,34)19(28)12-15/h4-5,14,17,19,23,27,34H,2-3,6-13H2,1H3,(H-,30,31,32,33)/p+1/t17-,19+,23-,25-,26+,28?/m0/s1. The number of rotatable bonds is 8. The van der Waals surface area contributed by atoms with Crippen LogP contribution in [-0.4, -0.2) is 81.5 Å². The maximum atomic E-state index is 13.2. The molecule has 188 valence electrons. The number of likely N-dealkylation sites (tertiary alicyclic amines) is 1. The van der Waals surface area contributed by atoms with Crippen molar-refractivity contribution in [1.82, 2.24) is 0 Å². The summed E-state index contributed by atoms with van der Waals surface area (Å²) < 4.78 is 7.18. The summed E-state index contributed by atoms with van der Waals surface area (Å²) in [5, 5.41) is 34.1. The Hall–Kier alpha value is -2.65. The number of aliphatic carboxylic acids is 2. The lowest BCUT2D eigenvalue weighted by Crippen LogP contribution is -2.80. The first-order valence-corrected chi connectivity index (χ1v) is 12.7. The monoisotopic (exact) mass is 485 g/mol. The van der Waals surface area contributed by atoms with E-state index in [1.54, 1.807) is 6.07 Å². The van der Waals surface area contributed by atoms with Crippen molar-refractivity contribution in [2.75, 3.05) is 25.5 Å². The van der Waals surface area contributed by atoms with Crippen LogP contribution in [-0.2, 0) is 26.2 Å². The maximum Gasteiger partial charge on any atom is 0.326 e. The third kappa shape index (κ3) is 3.10. The van der Waals surface area contributed by atoms with Crippen LogP contribution in [0.25, 0.3) is 0 Å². The molecule has 1 unspecified atom stereocenters. The molecule has 3 aliphatic carbocycles. The van der Waals surface area contributed by atoms with Crippen molar-refractivity contribution in [3.8, 4) is 5.75 Å². The van der Waals surface area contributed by atoms with E-state index in [1.807, 2.05) is 6.07 Å². The van der Waals surface area contributed by atoms with Gasteiger partial charge in [0.2, 0.25) is 0 Å². The van der Waals surface area contributed by atoms with Crippen LogP contribution in [0.15, 0.2) is 12.1 Å². The van der Waals surface area contributed by atoms with Gasteiger partial charge in [0, 0.05) is 37.2 Å². The Morgan fingerprint density at radius 2 is 2.03 bits per heavy atom. The number of carboxylic acids is 2. The average molecular weight is 486 g/mol. The first-order valence-electron chi connectivity index (χ1n) is 12.7. The van der Waals surface area contributed by atoms with Crippen molar-refractivity contribution in [3.63, 3.8) is 0 Å². The van der Waals surface area contributed by atoms with Crippen LogP contribution in [0.3, 0.4) is 0 Å². The molecule has 0 radical (unpaired) electrons. The lowest BCUT2D eigenvalue weighted by molar-refractivity contribution is -0.950. The Morgan fingerprint density at radius 1 is 1.26 bits per heavy atom. The molecule has 9 nitrogen and oxygen atoms in total. The fourth-order valence-corrected chi connectivity index (χ4v) is 7.78. The molecule has 1 aromatic rings. The summed E-state index contributed by atoms with van der Waals surface area (Å²) in [6.07, 6.45) is 3.37. The zero-order valence-electron chi connectivity index (χ0n) is 20.0. The number of ketones is 1. The number of hydrogen-bond donors (Lipinski definition) is 4. The van der Waals surface area contributed by atoms with E-state index in [-0.39, 0.29) is 31.1 Å². The number of carbonyl (C=O) groups excluding carboxylic acids is 1. The molecule has 2 saturated carbocycles. The van der Waals surface area contributed by atoms with E-state index < -0.39 is 35.1 Å². The average Bonchev–Trinajstić information content (AvgIpc) is 3.52. The molecular formula is C26H33N2O7+. The van der Waals surface area contributed by atoms with E-state index >= 15 is 0 Å². The van der Waals surface area contributed by atoms with Crippen LogP contribution in [0, 0.1) is 5.92 Å². The fraction of sp³-hybridized carbons (Fsp3) is 0.654. The number of benzene rings is 1. The predicted octanol–water partition coefficient (Wildman–Crippen LogP) is 1.69. The van der Waals surface area contributed by atoms with Crippen molar-refractivity contribution in [3.05, 3.63) is 23.3 Å². The lowest BCUT2D eigenvalue weighted by atomic mass is 9.48. The molecule has 5 aliphatic rings. The van der Waals surface area contributed by atoms with Gasteiger partial charge < -0.3 is 29.9 Å². The van der Waals surface area contributed by atoms with Crippen molar-refractivity contribution in [2.24, 2.45) is 5.92 Å². The molecule has 1 aromatic carbocycles. The summed E-state index contributed by atoms with van der Waals surface area (Å²) in [5.41, 5.74) is 0.475. The Kier molecular flexibility index (Phi) is 4.84. The molecule has 2 bridgehead atoms. The number of nitrogens with zero attached hydrogens (tertiary/aromatic N) is 1. The Balaban J connectivity index is 1.44. The van der Waals surface area contributed by atoms with E-state index in [1.165, 1.54) is 12.8 Å². The summed E-state index contributed by atoms with van der Waals surface area (Å²) in [7, 11) is 2.26. The summed E-state index contributed by atoms with van der Waals surface area (Å²) in [5.74, 6) is -1.06. The fourth-order valence-electron chi connectivity index (χ4n) is 7.78. The van der Waals surface area contributed by atoms with Crippen molar-refractivity contribution < 1.29 is 38.9 Å². The normalized spacial score (nSPS) is 37.3. The van der Waals surface area contributed by atoms with Crippen LogP contribution in [0.1, 0.15) is 56.1 Å². The number of nitrogens with one attached hydrogen (secondary N) is 1. The van der Waals surface area contributed by atoms with Crippen molar-refractivity contribution >= 4 is 23.4 Å². The summed E-state index contributed by atoms with van der Waals surface area (Å²) in [4.78, 5) is 36.1. The molecule has 0 aromatic heterocycles. The largest absolute Gasteiger partial charge is 0.481 e. The van der Waals surface area contributed by atoms with E-state index in [0.29, 0.717) is 36.6 Å². The Labute approximate surface area is 203 Å². The molecular weight excluding hydrogens is 452 g/mol. The van der Waals surface area contributed by atoms with Crippen LogP contribution in [0.5, 0.6) is 5.75 Å². The molecule has 3 fully saturated rings. The van der Waals surface area contributed by atoms with Gasteiger partial charge in [-0.15, -0.1) is 0 Å². The third-order valence-electron chi connectivity index (χ3n) is 9.57. The van der Waals surface area contributed by atoms with Gasteiger partial charge in [0.05, 0.1) is 31.2 Å². The van der Waals surface area contributed by atoms with Gasteiger partial charge in [0.25, 0.3) is 0 Å². The van der Waals surface area contributed by atoms with Gasteiger partial charge in [-0.05, 0) is 37.3 Å². The summed E-state index contributed by atoms with van der Waals surface area (Å²) >= 11 is 0. The van der Waals surface area contributed by atoms with Crippen molar-refractivity contribution in [2.45, 2.75) is 80.6 Å². The van der Waals surface area contributed by atoms with Crippen LogP contribution >= 0.6 is 0 Å². The van der Waals surface area contributed by atoms with Crippen LogP contribution in [0.4, 0.5) is 5.69 Å². The minimum Gasteiger partial charge on any atom is -0.481 e. The number of Topliss-reactive ketones (excluding diaryl/α,β-unsaturated/α-hetero) is 1. The molecule has 6 rings (SSSR count). The molecule has 1 spiro atoms. The highest BCUT2D eigenvalue weighted by molar-refractivity contribution is 5.91. The number of aliphatic hydroxyl groups is 1. The van der Waals surface area contributed by atoms with Gasteiger partial charge in [-0.1, -0.05) is 6.07 Å². The third-order valence-corrected chi connectivity index (χ3v) is 9.57. The van der Waals surface area contributed by atoms with Crippen LogP contribution in [0.2, 0.25) is 0 Å². The maximum absolute atomic E-state index is 13.2. The van der Waals surface area contributed by atoms with Crippen molar-refractivity contribution in [1.29, 1.82) is 0 Å². The second-order valence-electron chi connectivity index (χ2n) is 11.6. The lowest BCUT2D eigenvalue weighted by Gasteiger charge is -2.64. The van der Waals surface area contributed by atoms with E-state index in [0.717, 1.165) is 28.7 Å². The Bertz CT molecular complexity index is 1130. The molecule has 0 amide bonds. The predicted molar refractivity (Wildman–Crippen MR) is 124 cm³/mol. The smallest absolute Gasteiger partial charge is 0.326 e. The number of piperidine rings is 1. The van der Waals surface area contributed by atoms with E-state index in [9.17, 15) is 24.6 Å². The van der Waals surface area contributed by atoms with Gasteiger partial charge in [-0.25, -0.2) is 4.79 Å². The minimum atomic E-state index is -1.15. The zero-order chi connectivity index (χ0) is 24.8. The zero-order valence-corrected chi connectivity index (χ0v) is 20.0. The van der Waals surface area contributed by atoms with E-state index in [4.69, 9.17) is 9.84 Å². The number of hydrogen-bond acceptors (Lipinski definition) is 6. The molecule has 6 atom stereocenters. The molecule has 2 heterocycles. The number of ether oxygens (including phenoxy) is 1. The first kappa shape index (κ1) is 22.8. The van der Waals surface area contributed by atoms with Gasteiger partial charge in [-0.2, -0.15) is 0 Å². The quantitative estimate of drug-likeness (QED) is 0.409. The highest BCUT2D eigenvalue weighted by Gasteiger charge is 2.76. The van der Waals surface area contributed by atoms with Gasteiger partial charge in [0.15, 0.2) is 11.9 Å². The molecule has 35 heavy (non-hydrogen) atoms. The highest BCUT2D eigenvalue weighted by Crippen LogP contribution is 2.65. The SMILES string of the molecule is C[N+]1(CC2CC2)CC[C@]23c4c5ccc(N[C@@H](CCC(=O)O)C(=O)O)c4O[C@H]2C(=O)CC[C@@]3(O)[C@H]1C5. The van der Waals surface area contributed by atoms with Crippen LogP contribution < -0.4 is 10.1 Å².